The standard InChI is InChI=1S/C52H34N2OS/c1-4-18-37(19-5-1)53(38-20-6-2-7-21-38)40-33-44(52-45(34-40)42-25-13-15-30-50(42)56-52)36-31-35-17-10-11-24-41(35)47(32-36)54(39-22-8-3-9-23-39)46-27-16-29-49-51(46)43-26-12-14-28-48(43)55-49/h1-34H. The highest BCUT2D eigenvalue weighted by Gasteiger charge is 2.24. The number of furan rings is 1. The molecule has 11 rings (SSSR count). The minimum absolute atomic E-state index is 0.867. The summed E-state index contributed by atoms with van der Waals surface area (Å²) in [6.07, 6.45) is 0. The molecule has 0 saturated carbocycles. The van der Waals surface area contributed by atoms with Crippen LogP contribution >= 0.6 is 11.3 Å². The molecule has 2 aromatic heterocycles. The Kier molecular flexibility index (Phi) is 7.68. The molecule has 0 atom stereocenters. The second kappa shape index (κ2) is 13.3. The van der Waals surface area contributed by atoms with Crippen molar-refractivity contribution in [3.63, 3.8) is 0 Å². The van der Waals surface area contributed by atoms with Gasteiger partial charge in [0.25, 0.3) is 0 Å². The minimum Gasteiger partial charge on any atom is -0.456 e. The highest BCUT2D eigenvalue weighted by atomic mass is 32.1. The number of hydrogen-bond acceptors (Lipinski definition) is 4. The van der Waals surface area contributed by atoms with E-state index in [0.29, 0.717) is 0 Å². The number of thiophene rings is 1. The van der Waals surface area contributed by atoms with Crippen LogP contribution in [0.1, 0.15) is 0 Å². The summed E-state index contributed by atoms with van der Waals surface area (Å²) in [5.41, 5.74) is 10.7. The molecule has 3 nitrogen and oxygen atoms in total. The molecule has 9 aromatic carbocycles. The van der Waals surface area contributed by atoms with Crippen LogP contribution in [0, 0.1) is 0 Å². The molecule has 0 aliphatic rings. The van der Waals surface area contributed by atoms with E-state index in [1.165, 1.54) is 36.5 Å². The first kappa shape index (κ1) is 32.3. The number of anilines is 6. The van der Waals surface area contributed by atoms with E-state index in [4.69, 9.17) is 4.42 Å². The van der Waals surface area contributed by atoms with Gasteiger partial charge in [0.2, 0.25) is 0 Å². The van der Waals surface area contributed by atoms with E-state index in [1.807, 2.05) is 17.4 Å². The number of hydrogen-bond donors (Lipinski definition) is 0. The van der Waals surface area contributed by atoms with Crippen LogP contribution in [0.3, 0.4) is 0 Å². The van der Waals surface area contributed by atoms with Crippen LogP contribution in [0.15, 0.2) is 211 Å². The maximum Gasteiger partial charge on any atom is 0.137 e. The van der Waals surface area contributed by atoms with Gasteiger partial charge < -0.3 is 14.2 Å². The van der Waals surface area contributed by atoms with Crippen LogP contribution in [-0.4, -0.2) is 0 Å². The first-order valence-electron chi connectivity index (χ1n) is 18.9. The van der Waals surface area contributed by atoms with Crippen molar-refractivity contribution >= 4 is 98.3 Å². The molecule has 0 bridgehead atoms. The molecule has 4 heteroatoms. The second-order valence-corrected chi connectivity index (χ2v) is 15.2. The lowest BCUT2D eigenvalue weighted by molar-refractivity contribution is 0.669. The Morgan fingerprint density at radius 3 is 1.70 bits per heavy atom. The van der Waals surface area contributed by atoms with Gasteiger partial charge in [-0.1, -0.05) is 121 Å². The SMILES string of the molecule is c1ccc(N(c2ccccc2)c2cc(-c3cc(N(c4ccccc4)c4cccc5oc6ccccc6c45)c4ccccc4c3)c3sc4ccccc4c3c2)cc1. The third-order valence-electron chi connectivity index (χ3n) is 10.8. The Morgan fingerprint density at radius 2 is 0.964 bits per heavy atom. The predicted molar refractivity (Wildman–Crippen MR) is 239 cm³/mol. The molecule has 0 aliphatic heterocycles. The summed E-state index contributed by atoms with van der Waals surface area (Å²) in [5.74, 6) is 0. The third-order valence-corrected chi connectivity index (χ3v) is 12.0. The fourth-order valence-corrected chi connectivity index (χ4v) is 9.53. The summed E-state index contributed by atoms with van der Waals surface area (Å²) in [5, 5.41) is 7.05. The van der Waals surface area contributed by atoms with E-state index in [2.05, 4.69) is 210 Å². The van der Waals surface area contributed by atoms with Crippen LogP contribution in [0.4, 0.5) is 34.1 Å². The van der Waals surface area contributed by atoms with Crippen molar-refractivity contribution in [1.29, 1.82) is 0 Å². The summed E-state index contributed by atoms with van der Waals surface area (Å²) >= 11 is 1.87. The topological polar surface area (TPSA) is 19.6 Å². The zero-order chi connectivity index (χ0) is 37.0. The lowest BCUT2D eigenvalue weighted by Crippen LogP contribution is -2.11. The molecule has 0 N–H and O–H groups in total. The van der Waals surface area contributed by atoms with Gasteiger partial charge in [-0.2, -0.15) is 0 Å². The smallest absolute Gasteiger partial charge is 0.137 e. The summed E-state index contributed by atoms with van der Waals surface area (Å²) in [4.78, 5) is 4.79. The van der Waals surface area contributed by atoms with Crippen molar-refractivity contribution in [3.05, 3.63) is 206 Å². The molecule has 0 saturated heterocycles. The van der Waals surface area contributed by atoms with Crippen LogP contribution < -0.4 is 9.80 Å². The number of benzene rings is 9. The maximum atomic E-state index is 6.45. The quantitative estimate of drug-likeness (QED) is 0.163. The van der Waals surface area contributed by atoms with Gasteiger partial charge in [0.1, 0.15) is 11.2 Å². The molecule has 0 spiro atoms. The maximum absolute atomic E-state index is 6.45. The molecule has 11 aromatic rings. The molecule has 2 heterocycles. The largest absolute Gasteiger partial charge is 0.456 e. The van der Waals surface area contributed by atoms with Gasteiger partial charge in [-0.3, -0.25) is 0 Å². The van der Waals surface area contributed by atoms with E-state index in [9.17, 15) is 0 Å². The van der Waals surface area contributed by atoms with Gasteiger partial charge in [0.15, 0.2) is 0 Å². The second-order valence-electron chi connectivity index (χ2n) is 14.1. The number of para-hydroxylation sites is 4. The van der Waals surface area contributed by atoms with Crippen molar-refractivity contribution in [1.82, 2.24) is 0 Å². The average molecular weight is 735 g/mol. The van der Waals surface area contributed by atoms with E-state index in [-0.39, 0.29) is 0 Å². The zero-order valence-electron chi connectivity index (χ0n) is 30.3. The molecule has 0 aliphatic carbocycles. The van der Waals surface area contributed by atoms with Crippen LogP contribution in [-0.2, 0) is 0 Å². The van der Waals surface area contributed by atoms with Crippen molar-refractivity contribution in [2.75, 3.05) is 9.80 Å². The van der Waals surface area contributed by atoms with Crippen molar-refractivity contribution in [3.8, 4) is 11.1 Å². The van der Waals surface area contributed by atoms with Gasteiger partial charge in [0, 0.05) is 59.3 Å². The fourth-order valence-electron chi connectivity index (χ4n) is 8.31. The van der Waals surface area contributed by atoms with Crippen LogP contribution in [0.5, 0.6) is 0 Å². The van der Waals surface area contributed by atoms with Gasteiger partial charge in [0.05, 0.1) is 16.8 Å². The van der Waals surface area contributed by atoms with E-state index in [1.54, 1.807) is 0 Å². The minimum atomic E-state index is 0.867. The summed E-state index contributed by atoms with van der Waals surface area (Å²) in [6, 6.07) is 73.9. The highest BCUT2D eigenvalue weighted by Crippen LogP contribution is 2.49. The lowest BCUT2D eigenvalue weighted by Gasteiger charge is -2.29. The van der Waals surface area contributed by atoms with E-state index in [0.717, 1.165) is 61.6 Å². The molecule has 0 fully saturated rings. The van der Waals surface area contributed by atoms with Gasteiger partial charge in [-0.05, 0) is 95.9 Å². The fraction of sp³-hybridized carbons (Fsp3) is 0. The molecule has 264 valence electrons. The lowest BCUT2D eigenvalue weighted by atomic mass is 9.96. The summed E-state index contributed by atoms with van der Waals surface area (Å²) in [7, 11) is 0. The summed E-state index contributed by atoms with van der Waals surface area (Å²) in [6.45, 7) is 0. The molecule has 56 heavy (non-hydrogen) atoms. The normalized spacial score (nSPS) is 11.6. The molecule has 0 unspecified atom stereocenters. The molecule has 0 amide bonds. The number of nitrogens with zero attached hydrogens (tertiary/aromatic N) is 2. The van der Waals surface area contributed by atoms with Crippen molar-refractivity contribution in [2.24, 2.45) is 0 Å². The number of fused-ring (bicyclic) bond motifs is 7. The average Bonchev–Trinajstić information content (AvgIpc) is 3.84. The first-order chi connectivity index (χ1) is 27.8. The van der Waals surface area contributed by atoms with Gasteiger partial charge >= 0.3 is 0 Å². The van der Waals surface area contributed by atoms with Crippen LogP contribution in [0.25, 0.3) is 64.0 Å². The van der Waals surface area contributed by atoms with E-state index < -0.39 is 0 Å². The Hall–Kier alpha value is -7.14. The van der Waals surface area contributed by atoms with Crippen molar-refractivity contribution < 1.29 is 4.42 Å². The first-order valence-corrected chi connectivity index (χ1v) is 19.7. The van der Waals surface area contributed by atoms with Crippen molar-refractivity contribution in [2.45, 2.75) is 0 Å². The predicted octanol–water partition coefficient (Wildman–Crippen LogP) is 15.7. The zero-order valence-corrected chi connectivity index (χ0v) is 31.2. The van der Waals surface area contributed by atoms with Crippen LogP contribution in [0.2, 0.25) is 0 Å². The third kappa shape index (κ3) is 5.34. The Morgan fingerprint density at radius 1 is 0.375 bits per heavy atom. The summed E-state index contributed by atoms with van der Waals surface area (Å²) < 4.78 is 9.00. The van der Waals surface area contributed by atoms with E-state index >= 15 is 0 Å². The molecule has 0 radical (unpaired) electrons. The molecular formula is C52H34N2OS. The Balaban J connectivity index is 1.22. The van der Waals surface area contributed by atoms with Gasteiger partial charge in [-0.15, -0.1) is 11.3 Å². The monoisotopic (exact) mass is 734 g/mol. The highest BCUT2D eigenvalue weighted by molar-refractivity contribution is 7.26. The Bertz CT molecular complexity index is 3170. The number of rotatable bonds is 7. The Labute approximate surface area is 328 Å². The van der Waals surface area contributed by atoms with Gasteiger partial charge in [-0.25, -0.2) is 0 Å². The molecular weight excluding hydrogens is 701 g/mol.